The molecule has 158 valence electrons. The fourth-order valence-electron chi connectivity index (χ4n) is 4.18. The van der Waals surface area contributed by atoms with Gasteiger partial charge in [0.2, 0.25) is 5.91 Å². The highest BCUT2D eigenvalue weighted by atomic mass is 32.1. The van der Waals surface area contributed by atoms with Crippen molar-refractivity contribution >= 4 is 29.0 Å². The number of carbonyl (C=O) groups is 1. The number of hydrogen-bond acceptors (Lipinski definition) is 4. The van der Waals surface area contributed by atoms with Crippen molar-refractivity contribution in [2.75, 3.05) is 13.1 Å². The van der Waals surface area contributed by atoms with Crippen LogP contribution in [0.15, 0.2) is 47.8 Å². The molecule has 0 unspecified atom stereocenters. The van der Waals surface area contributed by atoms with Gasteiger partial charge in [-0.1, -0.05) is 18.6 Å². The van der Waals surface area contributed by atoms with Crippen molar-refractivity contribution in [3.63, 3.8) is 0 Å². The normalized spacial score (nSPS) is 15.0. The van der Waals surface area contributed by atoms with Crippen LogP contribution < -0.4 is 5.56 Å². The zero-order valence-corrected chi connectivity index (χ0v) is 17.8. The molecule has 8 heteroatoms. The van der Waals surface area contributed by atoms with Crippen molar-refractivity contribution in [1.29, 1.82) is 0 Å². The van der Waals surface area contributed by atoms with Gasteiger partial charge in [-0.3, -0.25) is 14.2 Å². The zero-order chi connectivity index (χ0) is 20.9. The maximum atomic E-state index is 12.6. The SMILES string of the molecule is O=C(CCCCCn1c(=S)[nH]c2ccccc2c1=O)N1CCC(n2ccnc2)CC1. The van der Waals surface area contributed by atoms with Crippen molar-refractivity contribution in [3.8, 4) is 0 Å². The number of carbonyl (C=O) groups excluding carboxylic acids is 1. The lowest BCUT2D eigenvalue weighted by molar-refractivity contribution is -0.132. The predicted octanol–water partition coefficient (Wildman–Crippen LogP) is 3.68. The van der Waals surface area contributed by atoms with Gasteiger partial charge in [0.25, 0.3) is 5.56 Å². The minimum absolute atomic E-state index is 0.0498. The molecule has 3 aromatic rings. The van der Waals surface area contributed by atoms with Crippen molar-refractivity contribution in [3.05, 3.63) is 58.1 Å². The highest BCUT2D eigenvalue weighted by Crippen LogP contribution is 2.22. The Bertz CT molecular complexity index is 1110. The molecule has 3 heterocycles. The summed E-state index contributed by atoms with van der Waals surface area (Å²) in [6, 6.07) is 7.86. The van der Waals surface area contributed by atoms with Crippen LogP contribution in [-0.4, -0.2) is 43.0 Å². The number of likely N-dealkylation sites (tertiary alicyclic amines) is 1. The number of piperidine rings is 1. The number of para-hydroxylation sites is 1. The highest BCUT2D eigenvalue weighted by Gasteiger charge is 2.23. The van der Waals surface area contributed by atoms with E-state index in [1.165, 1.54) is 0 Å². The summed E-state index contributed by atoms with van der Waals surface area (Å²) >= 11 is 5.35. The van der Waals surface area contributed by atoms with Crippen molar-refractivity contribution in [2.45, 2.75) is 51.1 Å². The zero-order valence-electron chi connectivity index (χ0n) is 17.0. The fourth-order valence-corrected chi connectivity index (χ4v) is 4.47. The number of unbranched alkanes of at least 4 members (excludes halogenated alkanes) is 2. The van der Waals surface area contributed by atoms with Crippen molar-refractivity contribution < 1.29 is 4.79 Å². The lowest BCUT2D eigenvalue weighted by Gasteiger charge is -2.32. The summed E-state index contributed by atoms with van der Waals surface area (Å²) in [6.45, 7) is 2.19. The quantitative estimate of drug-likeness (QED) is 0.463. The molecule has 0 bridgehead atoms. The molecule has 1 aliphatic rings. The topological polar surface area (TPSA) is 75.9 Å². The Labute approximate surface area is 180 Å². The lowest BCUT2D eigenvalue weighted by atomic mass is 10.0. The van der Waals surface area contributed by atoms with Crippen LogP contribution >= 0.6 is 12.2 Å². The van der Waals surface area contributed by atoms with Gasteiger partial charge in [-0.2, -0.15) is 0 Å². The number of imidazole rings is 1. The van der Waals surface area contributed by atoms with E-state index >= 15 is 0 Å². The number of hydrogen-bond donors (Lipinski definition) is 1. The van der Waals surface area contributed by atoms with Crippen LogP contribution in [0.3, 0.4) is 0 Å². The van der Waals surface area contributed by atoms with E-state index in [-0.39, 0.29) is 11.5 Å². The molecule has 0 atom stereocenters. The molecule has 0 aliphatic carbocycles. The minimum atomic E-state index is -0.0498. The van der Waals surface area contributed by atoms with E-state index in [1.54, 1.807) is 10.8 Å². The molecule has 1 aromatic carbocycles. The molecule has 1 N–H and O–H groups in total. The first kappa shape index (κ1) is 20.5. The van der Waals surface area contributed by atoms with E-state index < -0.39 is 0 Å². The number of aromatic amines is 1. The van der Waals surface area contributed by atoms with Crippen LogP contribution in [0, 0.1) is 4.77 Å². The van der Waals surface area contributed by atoms with Crippen LogP contribution in [0.4, 0.5) is 0 Å². The Morgan fingerprint density at radius 2 is 1.97 bits per heavy atom. The second-order valence-electron chi connectivity index (χ2n) is 7.87. The standard InChI is InChI=1S/C22H27N5O2S/c28-20(25-13-9-17(10-14-25)26-15-11-23-16-26)8-2-1-5-12-27-21(29)18-6-3-4-7-19(18)24-22(27)30/h3-4,6-7,11,15-17H,1-2,5,8-10,12-14H2,(H,24,30). The summed E-state index contributed by atoms with van der Waals surface area (Å²) in [5, 5.41) is 0.653. The van der Waals surface area contributed by atoms with E-state index in [2.05, 4.69) is 14.5 Å². The molecule has 1 saturated heterocycles. The molecular formula is C22H27N5O2S. The molecule has 4 rings (SSSR count). The molecule has 1 fully saturated rings. The summed E-state index contributed by atoms with van der Waals surface area (Å²) in [5.41, 5.74) is 0.720. The molecule has 1 amide bonds. The van der Waals surface area contributed by atoms with Gasteiger partial charge >= 0.3 is 0 Å². The third-order valence-corrected chi connectivity index (χ3v) is 6.25. The van der Waals surface area contributed by atoms with Crippen LogP contribution in [0.2, 0.25) is 0 Å². The average Bonchev–Trinajstić information content (AvgIpc) is 3.30. The fraction of sp³-hybridized carbons (Fsp3) is 0.455. The lowest BCUT2D eigenvalue weighted by Crippen LogP contribution is -2.38. The van der Waals surface area contributed by atoms with Crippen molar-refractivity contribution in [2.24, 2.45) is 0 Å². The molecule has 30 heavy (non-hydrogen) atoms. The summed E-state index contributed by atoms with van der Waals surface area (Å²) in [7, 11) is 0. The molecular weight excluding hydrogens is 398 g/mol. The van der Waals surface area contributed by atoms with Crippen molar-refractivity contribution in [1.82, 2.24) is 24.0 Å². The minimum Gasteiger partial charge on any atom is -0.343 e. The van der Waals surface area contributed by atoms with E-state index in [0.717, 1.165) is 50.7 Å². The van der Waals surface area contributed by atoms with Crippen LogP contribution in [0.25, 0.3) is 10.9 Å². The predicted molar refractivity (Wildman–Crippen MR) is 119 cm³/mol. The number of aromatic nitrogens is 4. The first-order valence-electron chi connectivity index (χ1n) is 10.6. The Balaban J connectivity index is 1.21. The Kier molecular flexibility index (Phi) is 6.42. The third-order valence-electron chi connectivity index (χ3n) is 5.93. The van der Waals surface area contributed by atoms with Gasteiger partial charge in [-0.25, -0.2) is 4.98 Å². The van der Waals surface area contributed by atoms with Crippen LogP contribution in [-0.2, 0) is 11.3 Å². The number of amides is 1. The smallest absolute Gasteiger partial charge is 0.262 e. The van der Waals surface area contributed by atoms with Gasteiger partial charge in [-0.15, -0.1) is 0 Å². The summed E-state index contributed by atoms with van der Waals surface area (Å²) in [5.74, 6) is 0.235. The number of fused-ring (bicyclic) bond motifs is 1. The maximum Gasteiger partial charge on any atom is 0.262 e. The van der Waals surface area contributed by atoms with Gasteiger partial charge in [-0.05, 0) is 50.0 Å². The number of benzene rings is 1. The van der Waals surface area contributed by atoms with Crippen LogP contribution in [0.5, 0.6) is 0 Å². The maximum absolute atomic E-state index is 12.6. The average molecular weight is 426 g/mol. The van der Waals surface area contributed by atoms with Gasteiger partial charge < -0.3 is 14.5 Å². The van der Waals surface area contributed by atoms with Gasteiger partial charge in [0.05, 0.1) is 17.2 Å². The number of nitrogens with one attached hydrogen (secondary N) is 1. The van der Waals surface area contributed by atoms with Gasteiger partial charge in [0, 0.05) is 44.5 Å². The van der Waals surface area contributed by atoms with E-state index in [9.17, 15) is 9.59 Å². The number of nitrogens with zero attached hydrogens (tertiary/aromatic N) is 4. The molecule has 0 radical (unpaired) electrons. The van der Waals surface area contributed by atoms with E-state index in [1.807, 2.05) is 41.7 Å². The summed E-state index contributed by atoms with van der Waals surface area (Å²) in [4.78, 5) is 34.4. The molecule has 0 spiro atoms. The molecule has 7 nitrogen and oxygen atoms in total. The first-order valence-corrected chi connectivity index (χ1v) is 11.0. The van der Waals surface area contributed by atoms with Gasteiger partial charge in [0.1, 0.15) is 0 Å². The largest absolute Gasteiger partial charge is 0.343 e. The Morgan fingerprint density at radius 1 is 1.17 bits per heavy atom. The number of H-pyrrole nitrogens is 1. The van der Waals surface area contributed by atoms with Gasteiger partial charge in [0.15, 0.2) is 4.77 Å². The molecule has 1 aliphatic heterocycles. The molecule has 2 aromatic heterocycles. The van der Waals surface area contributed by atoms with E-state index in [0.29, 0.717) is 29.2 Å². The Morgan fingerprint density at radius 3 is 2.73 bits per heavy atom. The number of rotatable bonds is 7. The summed E-state index contributed by atoms with van der Waals surface area (Å²) < 4.78 is 4.22. The third kappa shape index (κ3) is 4.53. The second-order valence-corrected chi connectivity index (χ2v) is 8.25. The monoisotopic (exact) mass is 425 g/mol. The first-order chi connectivity index (χ1) is 14.6. The highest BCUT2D eigenvalue weighted by molar-refractivity contribution is 7.71. The van der Waals surface area contributed by atoms with Crippen LogP contribution in [0.1, 0.15) is 44.6 Å². The second kappa shape index (κ2) is 9.38. The Hall–Kier alpha value is -2.74. The van der Waals surface area contributed by atoms with E-state index in [4.69, 9.17) is 12.2 Å². The molecule has 0 saturated carbocycles. The summed E-state index contributed by atoms with van der Waals surface area (Å²) in [6.07, 6.45) is 10.7.